The number of halogens is 1. The van der Waals surface area contributed by atoms with Crippen molar-refractivity contribution in [1.29, 1.82) is 0 Å². The number of nitrogens with one attached hydrogen (secondary N) is 2. The number of pyridine rings is 1. The number of para-hydroxylation sites is 2. The smallest absolute Gasteiger partial charge is 0.257 e. The summed E-state index contributed by atoms with van der Waals surface area (Å²) in [6, 6.07) is 16.8. The lowest BCUT2D eigenvalue weighted by molar-refractivity contribution is 0.102. The Kier molecular flexibility index (Phi) is 4.77. The van der Waals surface area contributed by atoms with E-state index in [2.05, 4.69) is 15.6 Å². The van der Waals surface area contributed by atoms with E-state index in [0.29, 0.717) is 16.3 Å². The number of rotatable bonds is 4. The Morgan fingerprint density at radius 1 is 1.00 bits per heavy atom. The van der Waals surface area contributed by atoms with Crippen LogP contribution >= 0.6 is 11.6 Å². The summed E-state index contributed by atoms with van der Waals surface area (Å²) >= 11 is 6.14. The Labute approximate surface area is 145 Å². The van der Waals surface area contributed by atoms with Crippen molar-refractivity contribution in [1.82, 2.24) is 4.98 Å². The molecular formula is C19H16ClN3O. The molecule has 3 rings (SSSR count). The topological polar surface area (TPSA) is 54.0 Å². The second-order valence-electron chi connectivity index (χ2n) is 5.34. The van der Waals surface area contributed by atoms with Gasteiger partial charge in [-0.1, -0.05) is 41.9 Å². The van der Waals surface area contributed by atoms with Gasteiger partial charge in [0.15, 0.2) is 0 Å². The fourth-order valence-corrected chi connectivity index (χ4v) is 2.44. The minimum atomic E-state index is -0.209. The summed E-state index contributed by atoms with van der Waals surface area (Å²) in [7, 11) is 0. The molecule has 0 atom stereocenters. The predicted octanol–water partition coefficient (Wildman–Crippen LogP) is 5.04. The van der Waals surface area contributed by atoms with Crippen LogP contribution in [0.4, 0.5) is 17.1 Å². The van der Waals surface area contributed by atoms with Gasteiger partial charge in [-0.3, -0.25) is 9.78 Å². The molecule has 0 unspecified atom stereocenters. The van der Waals surface area contributed by atoms with Crippen LogP contribution in [0.2, 0.25) is 5.02 Å². The molecule has 2 aromatic carbocycles. The maximum atomic E-state index is 12.4. The fourth-order valence-electron chi connectivity index (χ4n) is 2.26. The van der Waals surface area contributed by atoms with Gasteiger partial charge in [-0.05, 0) is 36.8 Å². The van der Waals surface area contributed by atoms with Gasteiger partial charge in [0, 0.05) is 11.9 Å². The summed E-state index contributed by atoms with van der Waals surface area (Å²) in [6.45, 7) is 1.95. The highest BCUT2D eigenvalue weighted by Gasteiger charge is 2.09. The van der Waals surface area contributed by atoms with Crippen molar-refractivity contribution in [2.24, 2.45) is 0 Å². The highest BCUT2D eigenvalue weighted by atomic mass is 35.5. The van der Waals surface area contributed by atoms with E-state index >= 15 is 0 Å². The van der Waals surface area contributed by atoms with E-state index < -0.39 is 0 Å². The summed E-state index contributed by atoms with van der Waals surface area (Å²) in [6.07, 6.45) is 3.18. The molecule has 0 saturated heterocycles. The molecule has 0 aliphatic heterocycles. The van der Waals surface area contributed by atoms with E-state index in [4.69, 9.17) is 11.6 Å². The second-order valence-corrected chi connectivity index (χ2v) is 5.74. The first-order valence-corrected chi connectivity index (χ1v) is 7.85. The van der Waals surface area contributed by atoms with Crippen molar-refractivity contribution < 1.29 is 4.79 Å². The van der Waals surface area contributed by atoms with Crippen molar-refractivity contribution in [3.8, 4) is 0 Å². The molecule has 5 heteroatoms. The largest absolute Gasteiger partial charge is 0.353 e. The summed E-state index contributed by atoms with van der Waals surface area (Å²) in [5.41, 5.74) is 3.71. The molecule has 3 aromatic rings. The quantitative estimate of drug-likeness (QED) is 0.701. The minimum Gasteiger partial charge on any atom is -0.353 e. The van der Waals surface area contributed by atoms with Crippen LogP contribution in [0.25, 0.3) is 0 Å². The third kappa shape index (κ3) is 3.73. The predicted molar refractivity (Wildman–Crippen MR) is 98.1 cm³/mol. The maximum absolute atomic E-state index is 12.4. The molecule has 0 radical (unpaired) electrons. The van der Waals surface area contributed by atoms with E-state index in [1.54, 1.807) is 18.3 Å². The lowest BCUT2D eigenvalue weighted by Crippen LogP contribution is -2.13. The first-order chi connectivity index (χ1) is 11.6. The van der Waals surface area contributed by atoms with Crippen LogP contribution in [0.15, 0.2) is 67.0 Å². The Morgan fingerprint density at radius 3 is 2.46 bits per heavy atom. The normalized spacial score (nSPS) is 10.2. The van der Waals surface area contributed by atoms with Crippen molar-refractivity contribution in [3.63, 3.8) is 0 Å². The zero-order chi connectivity index (χ0) is 16.9. The molecule has 4 nitrogen and oxygen atoms in total. The van der Waals surface area contributed by atoms with Crippen molar-refractivity contribution in [2.45, 2.75) is 6.92 Å². The Hall–Kier alpha value is -2.85. The number of anilines is 3. The summed E-state index contributed by atoms with van der Waals surface area (Å²) in [5.74, 6) is -0.209. The lowest BCUT2D eigenvalue weighted by Gasteiger charge is -2.10. The van der Waals surface area contributed by atoms with E-state index in [1.807, 2.05) is 49.4 Å². The van der Waals surface area contributed by atoms with Crippen molar-refractivity contribution in [2.75, 3.05) is 10.6 Å². The van der Waals surface area contributed by atoms with Gasteiger partial charge in [-0.15, -0.1) is 0 Å². The number of carbonyl (C=O) groups is 1. The molecule has 0 spiro atoms. The number of hydrogen-bond donors (Lipinski definition) is 2. The number of amides is 1. The Balaban J connectivity index is 1.79. The van der Waals surface area contributed by atoms with Gasteiger partial charge in [0.05, 0.1) is 28.2 Å². The van der Waals surface area contributed by atoms with Crippen LogP contribution in [0, 0.1) is 6.92 Å². The van der Waals surface area contributed by atoms with Gasteiger partial charge in [-0.2, -0.15) is 0 Å². The highest BCUT2D eigenvalue weighted by Crippen LogP contribution is 2.25. The molecule has 0 aliphatic carbocycles. The first kappa shape index (κ1) is 16.0. The maximum Gasteiger partial charge on any atom is 0.257 e. The Morgan fingerprint density at radius 2 is 1.71 bits per heavy atom. The van der Waals surface area contributed by atoms with E-state index in [0.717, 1.165) is 16.9 Å². The lowest BCUT2D eigenvalue weighted by atomic mass is 10.2. The highest BCUT2D eigenvalue weighted by molar-refractivity contribution is 6.33. The van der Waals surface area contributed by atoms with Gasteiger partial charge in [0.1, 0.15) is 0 Å². The van der Waals surface area contributed by atoms with Crippen LogP contribution in [0.1, 0.15) is 15.9 Å². The molecule has 24 heavy (non-hydrogen) atoms. The minimum absolute atomic E-state index is 0.209. The van der Waals surface area contributed by atoms with Gasteiger partial charge < -0.3 is 10.6 Å². The molecule has 0 fully saturated rings. The molecule has 0 aliphatic rings. The number of hydrogen-bond acceptors (Lipinski definition) is 3. The molecule has 0 saturated carbocycles. The van der Waals surface area contributed by atoms with Crippen LogP contribution in [0.3, 0.4) is 0 Å². The second kappa shape index (κ2) is 7.15. The molecule has 1 amide bonds. The van der Waals surface area contributed by atoms with Gasteiger partial charge >= 0.3 is 0 Å². The first-order valence-electron chi connectivity index (χ1n) is 7.47. The van der Waals surface area contributed by atoms with Crippen LogP contribution in [-0.4, -0.2) is 10.9 Å². The third-order valence-electron chi connectivity index (χ3n) is 3.55. The summed E-state index contributed by atoms with van der Waals surface area (Å²) in [5, 5.41) is 6.67. The molecular weight excluding hydrogens is 322 g/mol. The van der Waals surface area contributed by atoms with Crippen LogP contribution in [0.5, 0.6) is 0 Å². The third-order valence-corrected chi connectivity index (χ3v) is 3.88. The SMILES string of the molecule is Cc1ccccc1NC(=O)c1cncc(Nc2ccccc2Cl)c1. The zero-order valence-corrected chi connectivity index (χ0v) is 13.8. The molecule has 0 bridgehead atoms. The molecule has 1 aromatic heterocycles. The van der Waals surface area contributed by atoms with E-state index in [-0.39, 0.29) is 5.91 Å². The average Bonchev–Trinajstić information content (AvgIpc) is 2.59. The van der Waals surface area contributed by atoms with Crippen molar-refractivity contribution in [3.05, 3.63) is 83.1 Å². The molecule has 2 N–H and O–H groups in total. The average molecular weight is 338 g/mol. The standard InChI is InChI=1S/C19H16ClN3O/c1-13-6-2-4-8-17(13)23-19(24)14-10-15(12-21-11-14)22-18-9-5-3-7-16(18)20/h2-12,22H,1H3,(H,23,24). The van der Waals surface area contributed by atoms with Crippen LogP contribution < -0.4 is 10.6 Å². The molecule has 120 valence electrons. The number of benzene rings is 2. The van der Waals surface area contributed by atoms with Crippen molar-refractivity contribution >= 4 is 34.6 Å². The van der Waals surface area contributed by atoms with Gasteiger partial charge in [-0.25, -0.2) is 0 Å². The van der Waals surface area contributed by atoms with E-state index in [1.165, 1.54) is 6.20 Å². The van der Waals surface area contributed by atoms with Gasteiger partial charge in [0.25, 0.3) is 5.91 Å². The summed E-state index contributed by atoms with van der Waals surface area (Å²) in [4.78, 5) is 16.6. The van der Waals surface area contributed by atoms with E-state index in [9.17, 15) is 4.79 Å². The number of aryl methyl sites for hydroxylation is 1. The number of carbonyl (C=O) groups excluding carboxylic acids is 1. The monoisotopic (exact) mass is 337 g/mol. The summed E-state index contributed by atoms with van der Waals surface area (Å²) < 4.78 is 0. The number of nitrogens with zero attached hydrogens (tertiary/aromatic N) is 1. The Bertz CT molecular complexity index is 880. The van der Waals surface area contributed by atoms with Crippen LogP contribution in [-0.2, 0) is 0 Å². The fraction of sp³-hybridized carbons (Fsp3) is 0.0526. The zero-order valence-electron chi connectivity index (χ0n) is 13.1. The van der Waals surface area contributed by atoms with Gasteiger partial charge in [0.2, 0.25) is 0 Å². The number of aromatic nitrogens is 1. The molecule has 1 heterocycles.